The zero-order chi connectivity index (χ0) is 14.4. The third-order valence-corrected chi connectivity index (χ3v) is 4.20. The second-order valence-electron chi connectivity index (χ2n) is 4.97. The first-order chi connectivity index (χ1) is 9.69. The summed E-state index contributed by atoms with van der Waals surface area (Å²) in [6.45, 7) is 5.99. The minimum Gasteiger partial charge on any atom is -0.369 e. The van der Waals surface area contributed by atoms with Gasteiger partial charge in [-0.2, -0.15) is 0 Å². The Morgan fingerprint density at radius 1 is 1.35 bits per heavy atom. The van der Waals surface area contributed by atoms with Crippen LogP contribution < -0.4 is 5.32 Å². The fourth-order valence-corrected chi connectivity index (χ4v) is 2.82. The lowest BCUT2D eigenvalue weighted by Gasteiger charge is -2.23. The summed E-state index contributed by atoms with van der Waals surface area (Å²) in [5.41, 5.74) is 1.01. The largest absolute Gasteiger partial charge is 0.369 e. The summed E-state index contributed by atoms with van der Waals surface area (Å²) in [6, 6.07) is 4.79. The van der Waals surface area contributed by atoms with Crippen LogP contribution in [0.25, 0.3) is 0 Å². The van der Waals surface area contributed by atoms with Gasteiger partial charge in [0.15, 0.2) is 0 Å². The SMILES string of the molecule is CCNc1cnc(CN(C)C(C)Cc2cccs2)cn1. The van der Waals surface area contributed by atoms with Gasteiger partial charge in [-0.05, 0) is 38.8 Å². The van der Waals surface area contributed by atoms with Gasteiger partial charge in [0.1, 0.15) is 5.82 Å². The van der Waals surface area contributed by atoms with Gasteiger partial charge in [0.2, 0.25) is 0 Å². The fourth-order valence-electron chi connectivity index (χ4n) is 2.00. The molecule has 108 valence electrons. The third kappa shape index (κ3) is 4.28. The van der Waals surface area contributed by atoms with Gasteiger partial charge < -0.3 is 5.32 Å². The lowest BCUT2D eigenvalue weighted by molar-refractivity contribution is 0.246. The van der Waals surface area contributed by atoms with E-state index in [0.717, 1.165) is 31.0 Å². The van der Waals surface area contributed by atoms with Crippen LogP contribution in [0.1, 0.15) is 24.4 Å². The topological polar surface area (TPSA) is 41.1 Å². The summed E-state index contributed by atoms with van der Waals surface area (Å²) in [5.74, 6) is 0.838. The zero-order valence-corrected chi connectivity index (χ0v) is 13.2. The molecule has 2 aromatic heterocycles. The molecule has 0 spiro atoms. The van der Waals surface area contributed by atoms with E-state index in [4.69, 9.17) is 0 Å². The fraction of sp³-hybridized carbons (Fsp3) is 0.467. The molecule has 1 N–H and O–H groups in total. The smallest absolute Gasteiger partial charge is 0.144 e. The van der Waals surface area contributed by atoms with Gasteiger partial charge in [-0.15, -0.1) is 11.3 Å². The molecule has 0 radical (unpaired) electrons. The third-order valence-electron chi connectivity index (χ3n) is 3.30. The predicted molar refractivity (Wildman–Crippen MR) is 85.1 cm³/mol. The second kappa shape index (κ2) is 7.36. The molecule has 0 saturated heterocycles. The van der Waals surface area contributed by atoms with Gasteiger partial charge in [0.25, 0.3) is 0 Å². The van der Waals surface area contributed by atoms with E-state index in [2.05, 4.69) is 58.6 Å². The molecule has 1 unspecified atom stereocenters. The summed E-state index contributed by atoms with van der Waals surface area (Å²) in [6.07, 6.45) is 4.74. The molecule has 0 aliphatic rings. The van der Waals surface area contributed by atoms with Crippen LogP contribution in [0.2, 0.25) is 0 Å². The Morgan fingerprint density at radius 2 is 2.20 bits per heavy atom. The molecule has 1 atom stereocenters. The highest BCUT2D eigenvalue weighted by molar-refractivity contribution is 7.09. The Hall–Kier alpha value is -1.46. The lowest BCUT2D eigenvalue weighted by atomic mass is 10.2. The monoisotopic (exact) mass is 290 g/mol. The van der Waals surface area contributed by atoms with Crippen molar-refractivity contribution in [3.8, 4) is 0 Å². The molecule has 0 bridgehead atoms. The van der Waals surface area contributed by atoms with Crippen molar-refractivity contribution in [2.75, 3.05) is 18.9 Å². The van der Waals surface area contributed by atoms with Gasteiger partial charge in [-0.25, -0.2) is 4.98 Å². The van der Waals surface area contributed by atoms with Gasteiger partial charge in [0, 0.05) is 24.0 Å². The van der Waals surface area contributed by atoms with Crippen molar-refractivity contribution in [1.29, 1.82) is 0 Å². The molecule has 2 heterocycles. The number of thiophene rings is 1. The van der Waals surface area contributed by atoms with Crippen LogP contribution in [0.4, 0.5) is 5.82 Å². The van der Waals surface area contributed by atoms with E-state index in [9.17, 15) is 0 Å². The molecule has 2 rings (SSSR count). The highest BCUT2D eigenvalue weighted by Gasteiger charge is 2.11. The summed E-state index contributed by atoms with van der Waals surface area (Å²) >= 11 is 1.82. The van der Waals surface area contributed by atoms with Gasteiger partial charge in [-0.1, -0.05) is 6.07 Å². The lowest BCUT2D eigenvalue weighted by Crippen LogP contribution is -2.30. The summed E-state index contributed by atoms with van der Waals surface area (Å²) in [7, 11) is 2.14. The first kappa shape index (κ1) is 14.9. The highest BCUT2D eigenvalue weighted by Crippen LogP contribution is 2.14. The van der Waals surface area contributed by atoms with Crippen molar-refractivity contribution in [2.45, 2.75) is 32.9 Å². The predicted octanol–water partition coefficient (Wildman–Crippen LogP) is 3.03. The minimum atomic E-state index is 0.490. The van der Waals surface area contributed by atoms with Crippen molar-refractivity contribution in [3.63, 3.8) is 0 Å². The van der Waals surface area contributed by atoms with Crippen LogP contribution in [-0.2, 0) is 13.0 Å². The number of aromatic nitrogens is 2. The van der Waals surface area contributed by atoms with E-state index in [1.807, 2.05) is 17.5 Å². The summed E-state index contributed by atoms with van der Waals surface area (Å²) in [5, 5.41) is 5.29. The standard InChI is InChI=1S/C15H22N4S/c1-4-16-15-10-17-13(9-18-15)11-19(3)12(2)8-14-6-5-7-20-14/h5-7,9-10,12H,4,8,11H2,1-3H3,(H,16,18). The van der Waals surface area contributed by atoms with Crippen LogP contribution in [0.15, 0.2) is 29.9 Å². The summed E-state index contributed by atoms with van der Waals surface area (Å²) < 4.78 is 0. The van der Waals surface area contributed by atoms with Crippen LogP contribution in [0.3, 0.4) is 0 Å². The summed E-state index contributed by atoms with van der Waals surface area (Å²) in [4.78, 5) is 12.6. The maximum atomic E-state index is 4.45. The molecule has 0 aliphatic carbocycles. The Kier molecular flexibility index (Phi) is 5.49. The van der Waals surface area contributed by atoms with Crippen LogP contribution >= 0.6 is 11.3 Å². The Bertz CT molecular complexity index is 495. The number of anilines is 1. The van der Waals surface area contributed by atoms with Crippen LogP contribution in [-0.4, -0.2) is 34.5 Å². The molecule has 0 saturated carbocycles. The first-order valence-corrected chi connectivity index (χ1v) is 7.84. The van der Waals surface area contributed by atoms with Crippen molar-refractivity contribution >= 4 is 17.2 Å². The molecular weight excluding hydrogens is 268 g/mol. The molecule has 0 aromatic carbocycles. The molecule has 0 amide bonds. The van der Waals surface area contributed by atoms with E-state index in [0.29, 0.717) is 6.04 Å². The van der Waals surface area contributed by atoms with Crippen molar-refractivity contribution < 1.29 is 0 Å². The molecule has 0 fully saturated rings. The normalized spacial score (nSPS) is 12.6. The quantitative estimate of drug-likeness (QED) is 0.851. The van der Waals surface area contributed by atoms with Crippen molar-refractivity contribution in [3.05, 3.63) is 40.5 Å². The number of likely N-dealkylation sites (N-methyl/N-ethyl adjacent to an activating group) is 1. The maximum Gasteiger partial charge on any atom is 0.144 e. The van der Waals surface area contributed by atoms with Crippen molar-refractivity contribution in [1.82, 2.24) is 14.9 Å². The maximum absolute atomic E-state index is 4.45. The number of hydrogen-bond donors (Lipinski definition) is 1. The Balaban J connectivity index is 1.88. The average Bonchev–Trinajstić information content (AvgIpc) is 2.94. The number of nitrogens with zero attached hydrogens (tertiary/aromatic N) is 3. The van der Waals surface area contributed by atoms with Gasteiger partial charge >= 0.3 is 0 Å². The minimum absolute atomic E-state index is 0.490. The molecular formula is C15H22N4S. The molecule has 4 nitrogen and oxygen atoms in total. The second-order valence-corrected chi connectivity index (χ2v) is 6.00. The highest BCUT2D eigenvalue weighted by atomic mass is 32.1. The zero-order valence-electron chi connectivity index (χ0n) is 12.3. The van der Waals surface area contributed by atoms with Crippen LogP contribution in [0.5, 0.6) is 0 Å². The molecule has 2 aromatic rings. The van der Waals surface area contributed by atoms with E-state index < -0.39 is 0 Å². The van der Waals surface area contributed by atoms with Gasteiger partial charge in [0.05, 0.1) is 18.1 Å². The van der Waals surface area contributed by atoms with E-state index >= 15 is 0 Å². The van der Waals surface area contributed by atoms with E-state index in [1.54, 1.807) is 6.20 Å². The number of rotatable bonds is 7. The first-order valence-electron chi connectivity index (χ1n) is 6.96. The van der Waals surface area contributed by atoms with E-state index in [1.165, 1.54) is 4.88 Å². The Labute approximate surface area is 124 Å². The van der Waals surface area contributed by atoms with Crippen LogP contribution in [0, 0.1) is 0 Å². The molecule has 0 aliphatic heterocycles. The van der Waals surface area contributed by atoms with Gasteiger partial charge in [-0.3, -0.25) is 9.88 Å². The van der Waals surface area contributed by atoms with Crippen molar-refractivity contribution in [2.24, 2.45) is 0 Å². The number of nitrogens with one attached hydrogen (secondary N) is 1. The molecule has 20 heavy (non-hydrogen) atoms. The average molecular weight is 290 g/mol. The number of hydrogen-bond acceptors (Lipinski definition) is 5. The molecule has 5 heteroatoms. The Morgan fingerprint density at radius 3 is 2.80 bits per heavy atom. The van der Waals surface area contributed by atoms with E-state index in [-0.39, 0.29) is 0 Å².